The van der Waals surface area contributed by atoms with E-state index in [1.165, 1.54) is 23.9 Å². The van der Waals surface area contributed by atoms with Crippen LogP contribution in [0.15, 0.2) is 29.4 Å². The molecule has 1 aliphatic rings. The molecular weight excluding hydrogens is 445 g/mol. The predicted octanol–water partition coefficient (Wildman–Crippen LogP) is 2.50. The van der Waals surface area contributed by atoms with Gasteiger partial charge in [0.2, 0.25) is 5.91 Å². The summed E-state index contributed by atoms with van der Waals surface area (Å²) < 4.78 is 22.6. The van der Waals surface area contributed by atoms with Gasteiger partial charge in [-0.15, -0.1) is 10.2 Å². The Morgan fingerprint density at radius 1 is 1.15 bits per heavy atom. The largest absolute Gasteiger partial charge is 0.379 e. The molecule has 3 aromatic rings. The molecule has 176 valence electrons. The Balaban J connectivity index is 1.48. The molecule has 0 unspecified atom stereocenters. The summed E-state index contributed by atoms with van der Waals surface area (Å²) >= 11 is 1.33. The summed E-state index contributed by atoms with van der Waals surface area (Å²) in [6, 6.07) is 6.21. The molecule has 0 saturated carbocycles. The second-order valence-electron chi connectivity index (χ2n) is 7.93. The van der Waals surface area contributed by atoms with Crippen molar-refractivity contribution in [3.8, 4) is 11.4 Å². The molecule has 1 fully saturated rings. The Kier molecular flexibility index (Phi) is 7.41. The monoisotopic (exact) mass is 473 g/mol. The van der Waals surface area contributed by atoms with E-state index in [0.29, 0.717) is 17.5 Å². The number of hydrogen-bond donors (Lipinski definition) is 1. The van der Waals surface area contributed by atoms with Crippen LogP contribution in [-0.2, 0) is 23.1 Å². The van der Waals surface area contributed by atoms with Crippen molar-refractivity contribution < 1.29 is 13.9 Å². The average Bonchev–Trinajstić information content (AvgIpc) is 3.33. The van der Waals surface area contributed by atoms with E-state index in [1.54, 1.807) is 16.8 Å². The van der Waals surface area contributed by atoms with Gasteiger partial charge < -0.3 is 14.6 Å². The maximum absolute atomic E-state index is 13.4. The van der Waals surface area contributed by atoms with Crippen molar-refractivity contribution >= 4 is 23.4 Å². The van der Waals surface area contributed by atoms with Crippen LogP contribution in [0.1, 0.15) is 11.4 Å². The SMILES string of the molecule is Cc1nn(C)c(C)c1NC(=O)CSc1nnc(-c2ccc(F)cc2)n1CCN1CCOCC1. The third-order valence-electron chi connectivity index (χ3n) is 5.67. The van der Waals surface area contributed by atoms with E-state index in [0.717, 1.165) is 55.5 Å². The molecule has 0 atom stereocenters. The minimum atomic E-state index is -0.301. The number of amides is 1. The number of thioether (sulfide) groups is 1. The molecule has 33 heavy (non-hydrogen) atoms. The van der Waals surface area contributed by atoms with Gasteiger partial charge in [0.05, 0.1) is 36.0 Å². The Morgan fingerprint density at radius 2 is 1.88 bits per heavy atom. The summed E-state index contributed by atoms with van der Waals surface area (Å²) in [6.45, 7) is 8.45. The molecule has 0 radical (unpaired) electrons. The highest BCUT2D eigenvalue weighted by Crippen LogP contribution is 2.25. The van der Waals surface area contributed by atoms with Crippen LogP contribution in [0.2, 0.25) is 0 Å². The molecule has 9 nitrogen and oxygen atoms in total. The van der Waals surface area contributed by atoms with Crippen molar-refractivity contribution in [3.63, 3.8) is 0 Å². The number of ether oxygens (including phenoxy) is 1. The predicted molar refractivity (Wildman–Crippen MR) is 125 cm³/mol. The van der Waals surface area contributed by atoms with Gasteiger partial charge >= 0.3 is 0 Å². The van der Waals surface area contributed by atoms with E-state index in [2.05, 4.69) is 25.5 Å². The van der Waals surface area contributed by atoms with Crippen LogP contribution < -0.4 is 5.32 Å². The van der Waals surface area contributed by atoms with Crippen molar-refractivity contribution in [2.45, 2.75) is 25.5 Å². The lowest BCUT2D eigenvalue weighted by Gasteiger charge is -2.27. The van der Waals surface area contributed by atoms with Gasteiger partial charge in [-0.05, 0) is 38.1 Å². The number of nitrogens with zero attached hydrogens (tertiary/aromatic N) is 6. The standard InChI is InChI=1S/C22H28FN7O2S/c1-15-20(16(2)28(3)27-15)24-19(31)14-33-22-26-25-21(17-4-6-18(23)7-5-17)30(22)9-8-29-10-12-32-13-11-29/h4-7H,8-14H2,1-3H3,(H,24,31). The third kappa shape index (κ3) is 5.60. The van der Waals surface area contributed by atoms with Crippen molar-refractivity contribution in [2.75, 3.05) is 43.9 Å². The summed E-state index contributed by atoms with van der Waals surface area (Å²) in [5, 5.41) is 16.6. The normalized spacial score (nSPS) is 14.5. The van der Waals surface area contributed by atoms with Gasteiger partial charge in [-0.2, -0.15) is 5.10 Å². The number of benzene rings is 1. The number of aryl methyl sites for hydroxylation is 2. The van der Waals surface area contributed by atoms with Gasteiger partial charge in [0, 0.05) is 38.8 Å². The van der Waals surface area contributed by atoms with Crippen LogP contribution in [0.5, 0.6) is 0 Å². The molecule has 1 N–H and O–H groups in total. The first-order valence-corrected chi connectivity index (χ1v) is 11.8. The smallest absolute Gasteiger partial charge is 0.234 e. The maximum atomic E-state index is 13.4. The fourth-order valence-corrected chi connectivity index (χ4v) is 4.50. The van der Waals surface area contributed by atoms with Crippen LogP contribution in [-0.4, -0.2) is 74.0 Å². The van der Waals surface area contributed by atoms with E-state index in [4.69, 9.17) is 4.74 Å². The second-order valence-corrected chi connectivity index (χ2v) is 8.87. The minimum Gasteiger partial charge on any atom is -0.379 e. The molecule has 0 bridgehead atoms. The Hall–Kier alpha value is -2.76. The highest BCUT2D eigenvalue weighted by Gasteiger charge is 2.19. The quantitative estimate of drug-likeness (QED) is 0.503. The Morgan fingerprint density at radius 3 is 2.55 bits per heavy atom. The zero-order valence-electron chi connectivity index (χ0n) is 19.0. The number of morpholine rings is 1. The molecule has 0 spiro atoms. The van der Waals surface area contributed by atoms with Crippen LogP contribution >= 0.6 is 11.8 Å². The lowest BCUT2D eigenvalue weighted by molar-refractivity contribution is -0.113. The lowest BCUT2D eigenvalue weighted by atomic mass is 10.2. The number of anilines is 1. The highest BCUT2D eigenvalue weighted by atomic mass is 32.2. The number of aromatic nitrogens is 5. The summed E-state index contributed by atoms with van der Waals surface area (Å²) in [4.78, 5) is 15.0. The van der Waals surface area contributed by atoms with E-state index in [-0.39, 0.29) is 17.5 Å². The zero-order valence-corrected chi connectivity index (χ0v) is 19.9. The van der Waals surface area contributed by atoms with E-state index in [1.807, 2.05) is 25.5 Å². The number of carbonyl (C=O) groups excluding carboxylic acids is 1. The van der Waals surface area contributed by atoms with Crippen LogP contribution in [0.4, 0.5) is 10.1 Å². The van der Waals surface area contributed by atoms with Gasteiger partial charge in [0.15, 0.2) is 11.0 Å². The summed E-state index contributed by atoms with van der Waals surface area (Å²) in [5.41, 5.74) is 3.20. The maximum Gasteiger partial charge on any atom is 0.234 e. The topological polar surface area (TPSA) is 90.1 Å². The number of carbonyl (C=O) groups is 1. The molecule has 1 amide bonds. The summed E-state index contributed by atoms with van der Waals surface area (Å²) in [5.74, 6) is 0.410. The van der Waals surface area contributed by atoms with E-state index in [9.17, 15) is 9.18 Å². The second kappa shape index (κ2) is 10.4. The van der Waals surface area contributed by atoms with Gasteiger partial charge in [-0.25, -0.2) is 4.39 Å². The van der Waals surface area contributed by atoms with Crippen LogP contribution in [0.3, 0.4) is 0 Å². The molecule has 1 saturated heterocycles. The van der Waals surface area contributed by atoms with Crippen molar-refractivity contribution in [3.05, 3.63) is 41.5 Å². The lowest BCUT2D eigenvalue weighted by Crippen LogP contribution is -2.38. The molecular formula is C22H28FN7O2S. The number of halogens is 1. The average molecular weight is 474 g/mol. The summed E-state index contributed by atoms with van der Waals surface area (Å²) in [6.07, 6.45) is 0. The molecule has 2 aromatic heterocycles. The van der Waals surface area contributed by atoms with Crippen molar-refractivity contribution in [1.29, 1.82) is 0 Å². The molecule has 0 aliphatic carbocycles. The highest BCUT2D eigenvalue weighted by molar-refractivity contribution is 7.99. The first-order valence-electron chi connectivity index (χ1n) is 10.8. The van der Waals surface area contributed by atoms with Gasteiger partial charge in [0.25, 0.3) is 0 Å². The van der Waals surface area contributed by atoms with Gasteiger partial charge in [-0.3, -0.25) is 14.4 Å². The molecule has 4 rings (SSSR count). The first kappa shape index (κ1) is 23.4. The van der Waals surface area contributed by atoms with E-state index >= 15 is 0 Å². The zero-order chi connectivity index (χ0) is 23.4. The fourth-order valence-electron chi connectivity index (χ4n) is 3.74. The van der Waals surface area contributed by atoms with Crippen LogP contribution in [0, 0.1) is 19.7 Å². The van der Waals surface area contributed by atoms with Gasteiger partial charge in [0.1, 0.15) is 5.82 Å². The Labute approximate surface area is 196 Å². The van der Waals surface area contributed by atoms with Crippen molar-refractivity contribution in [2.24, 2.45) is 7.05 Å². The first-order chi connectivity index (χ1) is 15.9. The molecule has 3 heterocycles. The molecule has 1 aromatic carbocycles. The molecule has 1 aliphatic heterocycles. The number of hydrogen-bond acceptors (Lipinski definition) is 7. The van der Waals surface area contributed by atoms with Crippen molar-refractivity contribution in [1.82, 2.24) is 29.4 Å². The third-order valence-corrected chi connectivity index (χ3v) is 6.64. The fraction of sp³-hybridized carbons (Fsp3) is 0.455. The number of nitrogens with one attached hydrogen (secondary N) is 1. The minimum absolute atomic E-state index is 0.134. The van der Waals surface area contributed by atoms with E-state index < -0.39 is 0 Å². The van der Waals surface area contributed by atoms with Gasteiger partial charge in [-0.1, -0.05) is 11.8 Å². The molecule has 11 heteroatoms. The Bertz CT molecular complexity index is 1110. The van der Waals surface area contributed by atoms with Crippen LogP contribution in [0.25, 0.3) is 11.4 Å². The summed E-state index contributed by atoms with van der Waals surface area (Å²) in [7, 11) is 1.85. The number of rotatable bonds is 8.